The molecule has 0 spiro atoms. The van der Waals surface area contributed by atoms with Crippen LogP contribution in [0.4, 0.5) is 5.69 Å². The third kappa shape index (κ3) is 5.73. The van der Waals surface area contributed by atoms with Crippen molar-refractivity contribution in [3.05, 3.63) is 125 Å². The van der Waals surface area contributed by atoms with Crippen molar-refractivity contribution in [2.75, 3.05) is 5.73 Å². The Hall–Kier alpha value is -3.76. The van der Waals surface area contributed by atoms with Crippen molar-refractivity contribution in [3.63, 3.8) is 0 Å². The molecule has 0 heterocycles. The maximum Gasteiger partial charge on any atom is 0.120 e. The first-order valence-corrected chi connectivity index (χ1v) is 16.5. The number of benzene rings is 4. The Kier molecular flexibility index (Phi) is 8.12. The Morgan fingerprint density at radius 3 is 2.20 bits per heavy atom. The summed E-state index contributed by atoms with van der Waals surface area (Å²) in [6.07, 6.45) is 6.09. The average Bonchev–Trinajstić information content (AvgIpc) is 3.39. The number of nitrogens with two attached hydrogens (primary N) is 1. The number of ether oxygens (including phenoxy) is 3. The third-order valence-corrected chi connectivity index (χ3v) is 11.0. The van der Waals surface area contributed by atoms with Gasteiger partial charge in [-0.05, 0) is 121 Å². The van der Waals surface area contributed by atoms with Gasteiger partial charge in [-0.3, -0.25) is 0 Å². The molecule has 2 saturated carbocycles. The lowest BCUT2D eigenvalue weighted by Gasteiger charge is -2.55. The first kappa shape index (κ1) is 29.0. The molecule has 44 heavy (non-hydrogen) atoms. The van der Waals surface area contributed by atoms with Gasteiger partial charge in [0.2, 0.25) is 0 Å². The van der Waals surface area contributed by atoms with E-state index in [1.165, 1.54) is 35.1 Å². The van der Waals surface area contributed by atoms with Crippen molar-refractivity contribution in [2.24, 2.45) is 23.2 Å². The molecule has 0 aliphatic heterocycles. The molecule has 0 amide bonds. The summed E-state index contributed by atoms with van der Waals surface area (Å²) in [5, 5.41) is 0. The van der Waals surface area contributed by atoms with Gasteiger partial charge < -0.3 is 19.9 Å². The van der Waals surface area contributed by atoms with Crippen LogP contribution in [-0.4, -0.2) is 12.2 Å². The summed E-state index contributed by atoms with van der Waals surface area (Å²) < 4.78 is 19.8. The highest BCUT2D eigenvalue weighted by atomic mass is 16.5. The number of rotatable bonds is 9. The van der Waals surface area contributed by atoms with Crippen LogP contribution in [0.2, 0.25) is 0 Å². The molecule has 4 aromatic carbocycles. The number of anilines is 1. The molecule has 228 valence electrons. The van der Waals surface area contributed by atoms with E-state index in [-0.39, 0.29) is 17.6 Å². The number of hydrogen-bond donors (Lipinski definition) is 1. The minimum absolute atomic E-state index is 0.0548. The van der Waals surface area contributed by atoms with Gasteiger partial charge in [0.15, 0.2) is 0 Å². The minimum Gasteiger partial charge on any atom is -0.490 e. The summed E-state index contributed by atoms with van der Waals surface area (Å²) >= 11 is 0. The van der Waals surface area contributed by atoms with Gasteiger partial charge in [-0.25, -0.2) is 0 Å². The highest BCUT2D eigenvalue weighted by molar-refractivity contribution is 5.43. The fraction of sp³-hybridized carbons (Fsp3) is 0.400. The molecule has 0 bridgehead atoms. The Bertz CT molecular complexity index is 1540. The quantitative estimate of drug-likeness (QED) is 0.199. The molecule has 2 fully saturated rings. The zero-order valence-corrected chi connectivity index (χ0v) is 26.0. The predicted molar refractivity (Wildman–Crippen MR) is 177 cm³/mol. The summed E-state index contributed by atoms with van der Waals surface area (Å²) in [4.78, 5) is 0. The molecule has 2 N–H and O–H groups in total. The van der Waals surface area contributed by atoms with E-state index in [9.17, 15) is 0 Å². The van der Waals surface area contributed by atoms with Crippen LogP contribution < -0.4 is 15.2 Å². The summed E-state index contributed by atoms with van der Waals surface area (Å²) in [6.45, 7) is 6.07. The average molecular weight is 588 g/mol. The van der Waals surface area contributed by atoms with E-state index in [0.29, 0.717) is 36.9 Å². The van der Waals surface area contributed by atoms with Crippen LogP contribution in [0.15, 0.2) is 103 Å². The summed E-state index contributed by atoms with van der Waals surface area (Å²) in [5.74, 6) is 3.94. The summed E-state index contributed by atoms with van der Waals surface area (Å²) in [7, 11) is 0. The second-order valence-electron chi connectivity index (χ2n) is 13.6. The SMILES string of the molecule is C[C@H](Oc1ccc(N)cc1)C1C[C@]2(C)[C@@H](OCc3ccccc3)CC[C@H]2[C@@H]2CCc3cc(OCc4ccccc4)ccc3[C@@H]12. The largest absolute Gasteiger partial charge is 0.490 e. The van der Waals surface area contributed by atoms with E-state index in [4.69, 9.17) is 19.9 Å². The number of fused-ring (bicyclic) bond motifs is 5. The molecule has 4 heteroatoms. The fourth-order valence-electron chi connectivity index (χ4n) is 8.89. The number of hydrogen-bond acceptors (Lipinski definition) is 4. The first-order chi connectivity index (χ1) is 21.5. The van der Waals surface area contributed by atoms with Crippen LogP contribution in [-0.2, 0) is 24.4 Å². The van der Waals surface area contributed by atoms with Crippen LogP contribution in [0, 0.1) is 23.2 Å². The van der Waals surface area contributed by atoms with Gasteiger partial charge in [-0.15, -0.1) is 0 Å². The van der Waals surface area contributed by atoms with Crippen molar-refractivity contribution in [3.8, 4) is 11.5 Å². The lowest BCUT2D eigenvalue weighted by atomic mass is 9.51. The molecule has 3 aliphatic rings. The summed E-state index contributed by atoms with van der Waals surface area (Å²) in [6, 6.07) is 35.8. The topological polar surface area (TPSA) is 53.7 Å². The Balaban J connectivity index is 1.17. The molecule has 7 rings (SSSR count). The smallest absolute Gasteiger partial charge is 0.120 e. The maximum absolute atomic E-state index is 6.78. The molecule has 0 aromatic heterocycles. The van der Waals surface area contributed by atoms with E-state index in [0.717, 1.165) is 36.4 Å². The molecule has 3 aliphatic carbocycles. The zero-order chi connectivity index (χ0) is 30.1. The highest BCUT2D eigenvalue weighted by Crippen LogP contribution is 2.64. The molecule has 0 saturated heterocycles. The van der Waals surface area contributed by atoms with E-state index in [1.54, 1.807) is 0 Å². The van der Waals surface area contributed by atoms with Crippen LogP contribution in [0.5, 0.6) is 11.5 Å². The molecule has 4 nitrogen and oxygen atoms in total. The van der Waals surface area contributed by atoms with E-state index in [1.807, 2.05) is 30.3 Å². The van der Waals surface area contributed by atoms with Gasteiger partial charge in [0.05, 0.1) is 18.8 Å². The summed E-state index contributed by atoms with van der Waals surface area (Å²) in [5.41, 5.74) is 12.3. The zero-order valence-electron chi connectivity index (χ0n) is 26.0. The Morgan fingerprint density at radius 2 is 1.48 bits per heavy atom. The van der Waals surface area contributed by atoms with Crippen LogP contribution in [0.3, 0.4) is 0 Å². The maximum atomic E-state index is 6.78. The number of aryl methyl sites for hydroxylation is 1. The van der Waals surface area contributed by atoms with Crippen molar-refractivity contribution < 1.29 is 14.2 Å². The van der Waals surface area contributed by atoms with Gasteiger partial charge in [0, 0.05) is 11.6 Å². The molecule has 7 atom stereocenters. The Labute approximate surface area is 262 Å². The molecule has 4 aromatic rings. The predicted octanol–water partition coefficient (Wildman–Crippen LogP) is 8.98. The van der Waals surface area contributed by atoms with E-state index in [2.05, 4.69) is 86.6 Å². The van der Waals surface area contributed by atoms with E-state index < -0.39 is 0 Å². The normalized spacial score (nSPS) is 27.9. The third-order valence-electron chi connectivity index (χ3n) is 11.0. The molecule has 1 unspecified atom stereocenters. The lowest BCUT2D eigenvalue weighted by molar-refractivity contribution is -0.100. The van der Waals surface area contributed by atoms with E-state index >= 15 is 0 Å². The molecular formula is C40H45NO3. The minimum atomic E-state index is 0.0548. The van der Waals surface area contributed by atoms with Crippen LogP contribution >= 0.6 is 0 Å². The van der Waals surface area contributed by atoms with Crippen molar-refractivity contribution >= 4 is 5.69 Å². The Morgan fingerprint density at radius 1 is 0.795 bits per heavy atom. The standard InChI is InChI=1S/C40H45NO3/c1-27(44-32-16-14-31(41)15-17-32)36-24-40(2)37(21-22-38(40)43-26-29-11-7-4-8-12-29)35-19-13-30-23-33(18-20-34(30)39(35)36)42-25-28-9-5-3-6-10-28/h3-12,14-18,20,23,27,35-39H,13,19,21-22,24-26,41H2,1-2H3/t27-,35-,36?,37-,38-,39+,40-/m0/s1. The second kappa shape index (κ2) is 12.3. The van der Waals surface area contributed by atoms with Gasteiger partial charge in [0.1, 0.15) is 18.1 Å². The lowest BCUT2D eigenvalue weighted by Crippen LogP contribution is -2.51. The molecule has 0 radical (unpaired) electrons. The van der Waals surface area contributed by atoms with Gasteiger partial charge in [-0.2, -0.15) is 0 Å². The van der Waals surface area contributed by atoms with Crippen molar-refractivity contribution in [1.29, 1.82) is 0 Å². The fourth-order valence-corrected chi connectivity index (χ4v) is 8.89. The second-order valence-corrected chi connectivity index (χ2v) is 13.6. The monoisotopic (exact) mass is 587 g/mol. The first-order valence-electron chi connectivity index (χ1n) is 16.5. The number of nitrogen functional groups attached to an aromatic ring is 1. The molecular weight excluding hydrogens is 542 g/mol. The highest BCUT2D eigenvalue weighted by Gasteiger charge is 2.59. The van der Waals surface area contributed by atoms with Gasteiger partial charge >= 0.3 is 0 Å². The van der Waals surface area contributed by atoms with Gasteiger partial charge in [-0.1, -0.05) is 73.7 Å². The van der Waals surface area contributed by atoms with Crippen molar-refractivity contribution in [2.45, 2.75) is 77.3 Å². The van der Waals surface area contributed by atoms with Crippen LogP contribution in [0.1, 0.15) is 67.7 Å². The van der Waals surface area contributed by atoms with Gasteiger partial charge in [0.25, 0.3) is 0 Å². The van der Waals surface area contributed by atoms with Crippen LogP contribution in [0.25, 0.3) is 0 Å². The van der Waals surface area contributed by atoms with Crippen molar-refractivity contribution in [1.82, 2.24) is 0 Å².